The normalized spacial score (nSPS) is 10.9. The molecule has 3 rings (SSSR count). The van der Waals surface area contributed by atoms with Crippen molar-refractivity contribution in [3.05, 3.63) is 41.6 Å². The quantitative estimate of drug-likeness (QED) is 0.659. The first kappa shape index (κ1) is 10.2. The first-order valence-electron chi connectivity index (χ1n) is 5.03. The van der Waals surface area contributed by atoms with Gasteiger partial charge in [-0.1, -0.05) is 11.6 Å². The van der Waals surface area contributed by atoms with Gasteiger partial charge in [-0.05, 0) is 18.6 Å². The van der Waals surface area contributed by atoms with Crippen molar-refractivity contribution in [2.75, 3.05) is 0 Å². The Balaban J connectivity index is 2.28. The Kier molecular flexibility index (Phi) is 2.26. The molecule has 3 aromatic rings. The van der Waals surface area contributed by atoms with E-state index in [1.807, 2.05) is 13.0 Å². The van der Waals surface area contributed by atoms with Crippen LogP contribution in [-0.4, -0.2) is 24.6 Å². The van der Waals surface area contributed by atoms with Crippen LogP contribution in [0.5, 0.6) is 0 Å². The summed E-state index contributed by atoms with van der Waals surface area (Å²) in [5.41, 5.74) is 2.52. The van der Waals surface area contributed by atoms with E-state index in [1.165, 1.54) is 0 Å². The molecule has 0 aliphatic rings. The van der Waals surface area contributed by atoms with Crippen molar-refractivity contribution in [2.24, 2.45) is 0 Å². The number of aryl methyl sites for hydroxylation is 1. The van der Waals surface area contributed by atoms with Crippen LogP contribution in [0.4, 0.5) is 0 Å². The Labute approximate surface area is 102 Å². The van der Waals surface area contributed by atoms with Gasteiger partial charge in [-0.15, -0.1) is 10.2 Å². The van der Waals surface area contributed by atoms with E-state index in [4.69, 9.17) is 11.6 Å². The van der Waals surface area contributed by atoms with E-state index in [9.17, 15) is 0 Å². The Bertz CT molecular complexity index is 691. The van der Waals surface area contributed by atoms with Crippen LogP contribution in [0, 0.1) is 6.92 Å². The molecule has 6 heteroatoms. The first-order valence-corrected chi connectivity index (χ1v) is 5.41. The number of rotatable bonds is 1. The summed E-state index contributed by atoms with van der Waals surface area (Å²) >= 11 is 5.94. The number of aromatic nitrogens is 5. The summed E-state index contributed by atoms with van der Waals surface area (Å²) in [4.78, 5) is 8.10. The Hall–Kier alpha value is -2.01. The highest BCUT2D eigenvalue weighted by molar-refractivity contribution is 6.32. The molecular formula is C11H8ClN5. The second-order valence-corrected chi connectivity index (χ2v) is 4.04. The Morgan fingerprint density at radius 3 is 2.94 bits per heavy atom. The molecule has 0 aliphatic carbocycles. The van der Waals surface area contributed by atoms with Crippen molar-refractivity contribution in [2.45, 2.75) is 6.92 Å². The average molecular weight is 246 g/mol. The maximum atomic E-state index is 5.94. The van der Waals surface area contributed by atoms with E-state index in [0.29, 0.717) is 16.6 Å². The number of hydrogen-bond donors (Lipinski definition) is 0. The van der Waals surface area contributed by atoms with E-state index in [1.54, 1.807) is 29.2 Å². The smallest absolute Gasteiger partial charge is 0.198 e. The topological polar surface area (TPSA) is 56.0 Å². The standard InChI is InChI=1S/C11H8ClN5/c1-7-4-8(6-13-5-7)10-15-16-11-9(12)14-2-3-17(10)11/h2-6H,1H3. The van der Waals surface area contributed by atoms with Crippen molar-refractivity contribution in [1.82, 2.24) is 24.6 Å². The molecule has 0 unspecified atom stereocenters. The van der Waals surface area contributed by atoms with Crippen LogP contribution in [0.3, 0.4) is 0 Å². The van der Waals surface area contributed by atoms with Crippen LogP contribution in [0.1, 0.15) is 5.56 Å². The van der Waals surface area contributed by atoms with Gasteiger partial charge >= 0.3 is 0 Å². The predicted molar refractivity (Wildman–Crippen MR) is 63.8 cm³/mol. The lowest BCUT2D eigenvalue weighted by molar-refractivity contribution is 1.10. The van der Waals surface area contributed by atoms with Crippen LogP contribution < -0.4 is 0 Å². The molecule has 0 saturated carbocycles. The number of halogens is 1. The molecule has 17 heavy (non-hydrogen) atoms. The van der Waals surface area contributed by atoms with Crippen LogP contribution in [0.2, 0.25) is 5.15 Å². The third-order valence-corrected chi connectivity index (χ3v) is 2.68. The minimum absolute atomic E-state index is 0.340. The molecule has 0 atom stereocenters. The molecule has 0 fully saturated rings. The Morgan fingerprint density at radius 1 is 1.24 bits per heavy atom. The molecule has 0 spiro atoms. The molecule has 5 nitrogen and oxygen atoms in total. The highest BCUT2D eigenvalue weighted by Crippen LogP contribution is 2.20. The third kappa shape index (κ3) is 1.64. The fourth-order valence-electron chi connectivity index (χ4n) is 1.67. The van der Waals surface area contributed by atoms with E-state index >= 15 is 0 Å². The number of pyridine rings is 1. The lowest BCUT2D eigenvalue weighted by Gasteiger charge is -2.00. The van der Waals surface area contributed by atoms with Crippen molar-refractivity contribution in [1.29, 1.82) is 0 Å². The summed E-state index contributed by atoms with van der Waals surface area (Å²) in [5.74, 6) is 0.709. The minimum Gasteiger partial charge on any atom is -0.278 e. The zero-order chi connectivity index (χ0) is 11.8. The Morgan fingerprint density at radius 2 is 2.12 bits per heavy atom. The zero-order valence-corrected chi connectivity index (χ0v) is 9.76. The van der Waals surface area contributed by atoms with Gasteiger partial charge in [0.25, 0.3) is 0 Å². The van der Waals surface area contributed by atoms with Crippen LogP contribution in [-0.2, 0) is 0 Å². The summed E-state index contributed by atoms with van der Waals surface area (Å²) in [6.45, 7) is 1.98. The SMILES string of the molecule is Cc1cncc(-c2nnc3c(Cl)nccn23)c1. The van der Waals surface area contributed by atoms with Crippen molar-refractivity contribution >= 4 is 17.2 Å². The van der Waals surface area contributed by atoms with Gasteiger partial charge in [0.05, 0.1) is 0 Å². The maximum absolute atomic E-state index is 5.94. The molecule has 0 amide bonds. The van der Waals surface area contributed by atoms with Crippen LogP contribution >= 0.6 is 11.6 Å². The van der Waals surface area contributed by atoms with Crippen molar-refractivity contribution in [3.63, 3.8) is 0 Å². The van der Waals surface area contributed by atoms with Gasteiger partial charge in [0.2, 0.25) is 0 Å². The highest BCUT2D eigenvalue weighted by atomic mass is 35.5. The van der Waals surface area contributed by atoms with Gasteiger partial charge in [0, 0.05) is 30.4 Å². The molecule has 0 saturated heterocycles. The molecule has 0 N–H and O–H groups in total. The molecule has 0 aliphatic heterocycles. The summed E-state index contributed by atoms with van der Waals surface area (Å²) in [5, 5.41) is 8.47. The third-order valence-electron chi connectivity index (χ3n) is 2.42. The monoisotopic (exact) mass is 245 g/mol. The van der Waals surface area contributed by atoms with Crippen LogP contribution in [0.25, 0.3) is 17.0 Å². The lowest BCUT2D eigenvalue weighted by atomic mass is 10.2. The molecule has 84 valence electrons. The second-order valence-electron chi connectivity index (χ2n) is 3.69. The van der Waals surface area contributed by atoms with Gasteiger partial charge in [-0.25, -0.2) is 4.98 Å². The number of hydrogen-bond acceptors (Lipinski definition) is 4. The van der Waals surface area contributed by atoms with Crippen molar-refractivity contribution in [3.8, 4) is 11.4 Å². The first-order chi connectivity index (χ1) is 8.25. The van der Waals surface area contributed by atoms with E-state index in [-0.39, 0.29) is 0 Å². The lowest BCUT2D eigenvalue weighted by Crippen LogP contribution is -1.92. The van der Waals surface area contributed by atoms with E-state index < -0.39 is 0 Å². The largest absolute Gasteiger partial charge is 0.278 e. The fourth-order valence-corrected chi connectivity index (χ4v) is 1.86. The molecule has 3 aromatic heterocycles. The molecule has 0 bridgehead atoms. The molecule has 0 radical (unpaired) electrons. The molecule has 3 heterocycles. The zero-order valence-electron chi connectivity index (χ0n) is 9.00. The van der Waals surface area contributed by atoms with Gasteiger partial charge in [-0.3, -0.25) is 9.38 Å². The maximum Gasteiger partial charge on any atom is 0.198 e. The second kappa shape index (κ2) is 3.78. The number of fused-ring (bicyclic) bond motifs is 1. The van der Waals surface area contributed by atoms with E-state index in [0.717, 1.165) is 11.1 Å². The van der Waals surface area contributed by atoms with Crippen molar-refractivity contribution < 1.29 is 0 Å². The van der Waals surface area contributed by atoms with Gasteiger partial charge < -0.3 is 0 Å². The molecular weight excluding hydrogens is 238 g/mol. The predicted octanol–water partition coefficient (Wildman–Crippen LogP) is 2.15. The average Bonchev–Trinajstić information content (AvgIpc) is 2.74. The van der Waals surface area contributed by atoms with Crippen LogP contribution in [0.15, 0.2) is 30.9 Å². The summed E-state index contributed by atoms with van der Waals surface area (Å²) in [6, 6.07) is 2.00. The molecule has 0 aromatic carbocycles. The minimum atomic E-state index is 0.340. The fraction of sp³-hybridized carbons (Fsp3) is 0.0909. The van der Waals surface area contributed by atoms with Gasteiger partial charge in [0.1, 0.15) is 0 Å². The van der Waals surface area contributed by atoms with E-state index in [2.05, 4.69) is 20.2 Å². The van der Waals surface area contributed by atoms with Gasteiger partial charge in [-0.2, -0.15) is 0 Å². The van der Waals surface area contributed by atoms with Gasteiger partial charge in [0.15, 0.2) is 16.6 Å². The highest BCUT2D eigenvalue weighted by Gasteiger charge is 2.10. The summed E-state index contributed by atoms with van der Waals surface area (Å²) in [6.07, 6.45) is 6.93. The summed E-state index contributed by atoms with van der Waals surface area (Å²) in [7, 11) is 0. The number of nitrogens with zero attached hydrogens (tertiary/aromatic N) is 5. The summed E-state index contributed by atoms with van der Waals surface area (Å²) < 4.78 is 1.80.